The minimum Gasteiger partial charge on any atom is -0.463 e. The Bertz CT molecular complexity index is 2420. The minimum absolute atomic E-state index is 0.00608. The molecule has 0 aromatic heterocycles. The standard InChI is InChI=1S/C85H155O25P/c1-5-9-13-17-21-25-29-33-37-41-45-49-53-57-68(87)101-62-65(104-70(89)59-55-51-47-43-39-35-31-27-23-19-15-11-7-3)63-103-111(99,100)110-83-81(108-84-78(97)74(93)72(91)66(61-86)105-84)77(96)76(95)80(107-71(90)60-56-52-48-44-40-36-32-28-24-20-16-12-8-4)82(83)109-85-79(98)75(94)73(92)67(106-85)64-102-69(88)58-54-50-46-42-38-34-30-26-22-18-14-10-6-2/h33-34,37-38,65-67,72-86,91-98H,5-32,35-36,39-64H2,1-4H3,(H,99,100)/b37-33-,38-34-. The summed E-state index contributed by atoms with van der Waals surface area (Å²) in [7, 11) is -5.80. The molecule has 1 aliphatic carbocycles. The zero-order chi connectivity index (χ0) is 81.1. The lowest BCUT2D eigenvalue weighted by atomic mass is 9.84. The molecule has 0 bridgehead atoms. The Kier molecular flexibility index (Phi) is 59.8. The van der Waals surface area contributed by atoms with Gasteiger partial charge in [0.05, 0.1) is 13.2 Å². The van der Waals surface area contributed by atoms with Crippen LogP contribution in [0.5, 0.6) is 0 Å². The molecule has 2 heterocycles. The van der Waals surface area contributed by atoms with E-state index in [1.54, 1.807) is 0 Å². The summed E-state index contributed by atoms with van der Waals surface area (Å²) < 4.78 is 73.1. The van der Waals surface area contributed by atoms with E-state index in [0.29, 0.717) is 38.5 Å². The molecule has 1 saturated carbocycles. The van der Waals surface area contributed by atoms with E-state index in [0.717, 1.165) is 122 Å². The maximum absolute atomic E-state index is 14.8. The molecule has 2 saturated heterocycles. The average molecular weight is 1610 g/mol. The third kappa shape index (κ3) is 46.0. The van der Waals surface area contributed by atoms with Gasteiger partial charge in [-0.25, -0.2) is 4.57 Å². The van der Waals surface area contributed by atoms with Gasteiger partial charge in [0.2, 0.25) is 0 Å². The number of hydrogen-bond donors (Lipinski definition) is 10. The number of carbonyl (C=O) groups excluding carboxylic acids is 4. The highest BCUT2D eigenvalue weighted by Gasteiger charge is 2.60. The molecule has 111 heavy (non-hydrogen) atoms. The second-order valence-electron chi connectivity index (χ2n) is 31.4. The van der Waals surface area contributed by atoms with Crippen molar-refractivity contribution in [1.29, 1.82) is 0 Å². The number of aliphatic hydroxyl groups is 9. The van der Waals surface area contributed by atoms with E-state index in [-0.39, 0.29) is 25.7 Å². The number of rotatable bonds is 70. The Balaban J connectivity index is 1.95. The normalized spacial score (nSPS) is 25.8. The monoisotopic (exact) mass is 1610 g/mol. The lowest BCUT2D eigenvalue weighted by Gasteiger charge is -2.50. The SMILES string of the molecule is CCCCCCCC/C=C\CCCCCC(=O)OCC(COP(=O)(O)OC1C(OC2OC(CO)C(O)C(O)C2O)C(O)C(O)C(OC(=O)CCCCCCCCCCCCCCC)C1OC1OC(COC(=O)CCCCC/C=C\CCCCCCCC)C(O)C(O)C1O)OC(=O)CCCCCCCCCCCCCCC. The first-order valence-electron chi connectivity index (χ1n) is 44.1. The van der Waals surface area contributed by atoms with Gasteiger partial charge in [-0.3, -0.25) is 28.2 Å². The summed E-state index contributed by atoms with van der Waals surface area (Å²) in [5.74, 6) is -3.00. The highest BCUT2D eigenvalue weighted by atomic mass is 31.2. The van der Waals surface area contributed by atoms with Crippen molar-refractivity contribution < 1.29 is 122 Å². The summed E-state index contributed by atoms with van der Waals surface area (Å²) in [6.07, 6.45) is 22.2. The van der Waals surface area contributed by atoms with Crippen molar-refractivity contribution >= 4 is 31.7 Å². The van der Waals surface area contributed by atoms with Crippen molar-refractivity contribution in [1.82, 2.24) is 0 Å². The molecule has 18 unspecified atom stereocenters. The van der Waals surface area contributed by atoms with E-state index in [9.17, 15) is 74.6 Å². The molecular weight excluding hydrogens is 1450 g/mol. The average Bonchev–Trinajstić information content (AvgIpc) is 0.754. The van der Waals surface area contributed by atoms with Gasteiger partial charge in [-0.2, -0.15) is 0 Å². The summed E-state index contributed by atoms with van der Waals surface area (Å²) in [5, 5.41) is 102. The van der Waals surface area contributed by atoms with Crippen molar-refractivity contribution in [3.63, 3.8) is 0 Å². The fraction of sp³-hybridized carbons (Fsp3) is 0.906. The fourth-order valence-corrected chi connectivity index (χ4v) is 15.3. The van der Waals surface area contributed by atoms with E-state index < -0.39 is 162 Å². The van der Waals surface area contributed by atoms with Crippen molar-refractivity contribution in [3.05, 3.63) is 24.3 Å². The van der Waals surface area contributed by atoms with E-state index in [1.165, 1.54) is 148 Å². The van der Waals surface area contributed by atoms with E-state index >= 15 is 0 Å². The number of carbonyl (C=O) groups is 4. The molecule has 3 aliphatic rings. The molecule has 26 heteroatoms. The predicted octanol–water partition coefficient (Wildman–Crippen LogP) is 15.0. The predicted molar refractivity (Wildman–Crippen MR) is 426 cm³/mol. The van der Waals surface area contributed by atoms with Crippen molar-refractivity contribution in [2.24, 2.45) is 0 Å². The summed E-state index contributed by atoms with van der Waals surface area (Å²) >= 11 is 0. The highest BCUT2D eigenvalue weighted by molar-refractivity contribution is 7.47. The number of phosphoric ester groups is 1. The third-order valence-electron chi connectivity index (χ3n) is 21.4. The molecule has 10 N–H and O–H groups in total. The van der Waals surface area contributed by atoms with Gasteiger partial charge >= 0.3 is 31.7 Å². The smallest absolute Gasteiger partial charge is 0.463 e. The van der Waals surface area contributed by atoms with Crippen LogP contribution in [0.2, 0.25) is 0 Å². The second kappa shape index (κ2) is 65.0. The molecule has 0 radical (unpaired) electrons. The van der Waals surface area contributed by atoms with Crippen LogP contribution in [0.3, 0.4) is 0 Å². The van der Waals surface area contributed by atoms with Crippen molar-refractivity contribution in [2.75, 3.05) is 26.4 Å². The topological polar surface area (TPSA) is 380 Å². The first kappa shape index (κ1) is 102. The first-order chi connectivity index (χ1) is 53.7. The number of unbranched alkanes of at least 4 members (excludes halogenated alkanes) is 42. The van der Waals surface area contributed by atoms with Crippen LogP contribution in [0.4, 0.5) is 0 Å². The fourth-order valence-electron chi connectivity index (χ4n) is 14.4. The largest absolute Gasteiger partial charge is 0.472 e. The number of hydrogen-bond acceptors (Lipinski definition) is 24. The van der Waals surface area contributed by atoms with Gasteiger partial charge in [0.15, 0.2) is 24.8 Å². The van der Waals surface area contributed by atoms with Crippen LogP contribution in [0, 0.1) is 0 Å². The molecule has 650 valence electrons. The van der Waals surface area contributed by atoms with Crippen LogP contribution in [-0.4, -0.2) is 205 Å². The van der Waals surface area contributed by atoms with Crippen LogP contribution < -0.4 is 0 Å². The molecule has 0 spiro atoms. The molecule has 0 aromatic rings. The number of aliphatic hydroxyl groups excluding tert-OH is 9. The number of ether oxygens (including phenoxy) is 8. The van der Waals surface area contributed by atoms with Gasteiger partial charge in [0.1, 0.15) is 92.6 Å². The quantitative estimate of drug-likeness (QED) is 0.00889. The zero-order valence-electron chi connectivity index (χ0n) is 68.8. The molecule has 2 aliphatic heterocycles. The maximum atomic E-state index is 14.8. The van der Waals surface area contributed by atoms with Crippen molar-refractivity contribution in [2.45, 2.75) is 466 Å². The van der Waals surface area contributed by atoms with Gasteiger partial charge in [-0.15, -0.1) is 0 Å². The lowest BCUT2D eigenvalue weighted by Crippen LogP contribution is -2.70. The highest BCUT2D eigenvalue weighted by Crippen LogP contribution is 2.49. The van der Waals surface area contributed by atoms with Gasteiger partial charge in [0, 0.05) is 25.7 Å². The lowest BCUT2D eigenvalue weighted by molar-refractivity contribution is -0.360. The number of esters is 4. The molecule has 0 aromatic carbocycles. The van der Waals surface area contributed by atoms with Crippen LogP contribution in [0.25, 0.3) is 0 Å². The third-order valence-corrected chi connectivity index (χ3v) is 22.4. The molecule has 0 amide bonds. The Hall–Kier alpha value is -3.05. The van der Waals surface area contributed by atoms with Crippen LogP contribution in [0.1, 0.15) is 362 Å². The Morgan fingerprint density at radius 1 is 0.351 bits per heavy atom. The zero-order valence-corrected chi connectivity index (χ0v) is 69.7. The number of allylic oxidation sites excluding steroid dienone is 4. The van der Waals surface area contributed by atoms with Crippen LogP contribution >= 0.6 is 7.82 Å². The van der Waals surface area contributed by atoms with Gasteiger partial charge < -0.3 is 88.7 Å². The molecule has 18 atom stereocenters. The Morgan fingerprint density at radius 3 is 1.08 bits per heavy atom. The summed E-state index contributed by atoms with van der Waals surface area (Å²) in [6.45, 7) is 5.51. The summed E-state index contributed by atoms with van der Waals surface area (Å²) in [5.41, 5.74) is 0. The molecule has 25 nitrogen and oxygen atoms in total. The maximum Gasteiger partial charge on any atom is 0.472 e. The molecule has 3 rings (SSSR count). The van der Waals surface area contributed by atoms with E-state index in [1.807, 2.05) is 0 Å². The van der Waals surface area contributed by atoms with E-state index in [4.69, 9.17) is 46.9 Å². The molecular formula is C85H155O25P. The van der Waals surface area contributed by atoms with Crippen LogP contribution in [0.15, 0.2) is 24.3 Å². The Morgan fingerprint density at radius 2 is 0.676 bits per heavy atom. The second-order valence-corrected chi connectivity index (χ2v) is 32.8. The van der Waals surface area contributed by atoms with Gasteiger partial charge in [-0.05, 0) is 77.0 Å². The number of phosphoric acid groups is 1. The van der Waals surface area contributed by atoms with Crippen molar-refractivity contribution in [3.8, 4) is 0 Å². The Labute approximate surface area is 666 Å². The summed E-state index contributed by atoms with van der Waals surface area (Å²) in [4.78, 5) is 66.2. The van der Waals surface area contributed by atoms with E-state index in [2.05, 4.69) is 52.0 Å². The first-order valence-corrected chi connectivity index (χ1v) is 45.6. The molecule has 3 fully saturated rings. The minimum atomic E-state index is -5.80. The van der Waals surface area contributed by atoms with Gasteiger partial charge in [-0.1, -0.05) is 283 Å². The van der Waals surface area contributed by atoms with Gasteiger partial charge in [0.25, 0.3) is 0 Å². The van der Waals surface area contributed by atoms with Crippen LogP contribution in [-0.2, 0) is 70.7 Å². The summed E-state index contributed by atoms with van der Waals surface area (Å²) in [6, 6.07) is 0.